The lowest BCUT2D eigenvalue weighted by molar-refractivity contribution is -0.113. The van der Waals surface area contributed by atoms with Gasteiger partial charge in [0.1, 0.15) is 12.4 Å². The molecule has 0 radical (unpaired) electrons. The molecule has 23 heavy (non-hydrogen) atoms. The van der Waals surface area contributed by atoms with Crippen LogP contribution < -0.4 is 4.74 Å². The summed E-state index contributed by atoms with van der Waals surface area (Å²) in [5.74, 6) is -0.407. The molecule has 6 heteroatoms. The summed E-state index contributed by atoms with van der Waals surface area (Å²) in [5.41, 5.74) is 1.84. The van der Waals surface area contributed by atoms with E-state index in [-0.39, 0.29) is 12.5 Å². The number of halogens is 2. The number of aromatic nitrogens is 1. The smallest absolute Gasteiger partial charge is 0.269 e. The highest BCUT2D eigenvalue weighted by atomic mass is 35.5. The van der Waals surface area contributed by atoms with Crippen molar-refractivity contribution in [2.75, 3.05) is 0 Å². The number of allylic oxidation sites excluding steroid dienone is 1. The van der Waals surface area contributed by atoms with Gasteiger partial charge < -0.3 is 4.74 Å². The predicted molar refractivity (Wildman–Crippen MR) is 86.1 cm³/mol. The van der Waals surface area contributed by atoms with Crippen molar-refractivity contribution in [1.82, 2.24) is 4.98 Å². The van der Waals surface area contributed by atoms with Crippen molar-refractivity contribution < 1.29 is 13.9 Å². The maximum Gasteiger partial charge on any atom is 0.269 e. The third kappa shape index (κ3) is 3.63. The lowest BCUT2D eigenvalue weighted by Gasteiger charge is -2.13. The Labute approximate surface area is 137 Å². The van der Waals surface area contributed by atoms with E-state index in [1.54, 1.807) is 36.7 Å². The largest absolute Gasteiger partial charge is 0.472 e. The van der Waals surface area contributed by atoms with Crippen molar-refractivity contribution in [3.63, 3.8) is 0 Å². The Morgan fingerprint density at radius 2 is 2.17 bits per heavy atom. The Bertz CT molecular complexity index is 818. The number of ether oxygens (including phenoxy) is 1. The van der Waals surface area contributed by atoms with E-state index < -0.39 is 5.82 Å². The summed E-state index contributed by atoms with van der Waals surface area (Å²) in [4.78, 5) is 19.3. The lowest BCUT2D eigenvalue weighted by atomic mass is 10.0. The van der Waals surface area contributed by atoms with E-state index in [1.807, 2.05) is 0 Å². The lowest BCUT2D eigenvalue weighted by Crippen LogP contribution is -2.05. The Kier molecular flexibility index (Phi) is 4.48. The molecule has 0 N–H and O–H groups in total. The zero-order valence-electron chi connectivity index (χ0n) is 12.0. The van der Waals surface area contributed by atoms with Crippen molar-refractivity contribution >= 4 is 29.3 Å². The molecule has 0 atom stereocenters. The predicted octanol–water partition coefficient (Wildman–Crippen LogP) is 3.84. The summed E-state index contributed by atoms with van der Waals surface area (Å²) in [7, 11) is 0. The summed E-state index contributed by atoms with van der Waals surface area (Å²) < 4.78 is 19.4. The molecule has 0 saturated carbocycles. The molecule has 0 bridgehead atoms. The average molecular weight is 331 g/mol. The number of nitrogens with zero attached hydrogens (tertiary/aromatic N) is 2. The van der Waals surface area contributed by atoms with Crippen LogP contribution in [0.1, 0.15) is 17.5 Å². The maximum absolute atomic E-state index is 13.8. The van der Waals surface area contributed by atoms with Gasteiger partial charge in [-0.2, -0.15) is 0 Å². The SMILES string of the molecule is O=C1C=C(c2cccnc2OCc2ccc(Cl)cc2F)CC=N1. The number of hydrogen-bond donors (Lipinski definition) is 0. The number of aliphatic imine (C=N–C) groups is 1. The van der Waals surface area contributed by atoms with Crippen molar-refractivity contribution in [1.29, 1.82) is 0 Å². The van der Waals surface area contributed by atoms with Gasteiger partial charge in [-0.05, 0) is 29.8 Å². The van der Waals surface area contributed by atoms with Gasteiger partial charge in [-0.1, -0.05) is 17.7 Å². The summed E-state index contributed by atoms with van der Waals surface area (Å²) in [6.07, 6.45) is 5.10. The third-order valence-corrected chi connectivity index (χ3v) is 3.56. The molecule has 1 aliphatic rings. The fraction of sp³-hybridized carbons (Fsp3) is 0.118. The molecule has 3 rings (SSSR count). The summed E-state index contributed by atoms with van der Waals surface area (Å²) in [5, 5.41) is 0.329. The molecule has 1 amide bonds. The Balaban J connectivity index is 1.82. The molecule has 4 nitrogen and oxygen atoms in total. The van der Waals surface area contributed by atoms with Crippen LogP contribution in [-0.4, -0.2) is 17.1 Å². The van der Waals surface area contributed by atoms with Gasteiger partial charge in [0, 0.05) is 41.1 Å². The zero-order chi connectivity index (χ0) is 16.2. The highest BCUT2D eigenvalue weighted by Gasteiger charge is 2.14. The quantitative estimate of drug-likeness (QED) is 0.856. The van der Waals surface area contributed by atoms with Gasteiger partial charge in [-0.15, -0.1) is 0 Å². The van der Waals surface area contributed by atoms with E-state index in [4.69, 9.17) is 16.3 Å². The number of amides is 1. The molecule has 1 aliphatic heterocycles. The Hall–Kier alpha value is -2.53. The standard InChI is InChI=1S/C17H12ClFN2O2/c18-13-4-3-12(15(19)9-13)10-23-17-14(2-1-6-21-17)11-5-7-20-16(22)8-11/h1-4,6-9H,5,10H2. The highest BCUT2D eigenvalue weighted by molar-refractivity contribution is 6.30. The minimum Gasteiger partial charge on any atom is -0.472 e. The second kappa shape index (κ2) is 6.71. The van der Waals surface area contributed by atoms with Gasteiger partial charge in [0.05, 0.1) is 0 Å². The van der Waals surface area contributed by atoms with Gasteiger partial charge in [-0.25, -0.2) is 14.4 Å². The molecule has 0 unspecified atom stereocenters. The first-order chi connectivity index (χ1) is 11.1. The van der Waals surface area contributed by atoms with Crippen LogP contribution in [0.25, 0.3) is 5.57 Å². The number of carbonyl (C=O) groups is 1. The normalized spacial score (nSPS) is 13.8. The molecule has 0 aliphatic carbocycles. The van der Waals surface area contributed by atoms with E-state index in [0.29, 0.717) is 28.5 Å². The number of carbonyl (C=O) groups excluding carboxylic acids is 1. The molecule has 2 aromatic rings. The molecule has 116 valence electrons. The van der Waals surface area contributed by atoms with E-state index in [1.165, 1.54) is 12.1 Å². The first-order valence-electron chi connectivity index (χ1n) is 6.92. The van der Waals surface area contributed by atoms with Gasteiger partial charge in [-0.3, -0.25) is 4.79 Å². The van der Waals surface area contributed by atoms with Crippen molar-refractivity contribution in [3.8, 4) is 5.88 Å². The van der Waals surface area contributed by atoms with E-state index in [0.717, 1.165) is 5.57 Å². The first-order valence-corrected chi connectivity index (χ1v) is 7.30. The van der Waals surface area contributed by atoms with Crippen molar-refractivity contribution in [3.05, 3.63) is 64.6 Å². The number of hydrogen-bond acceptors (Lipinski definition) is 3. The second-order valence-corrected chi connectivity index (χ2v) is 5.34. The third-order valence-electron chi connectivity index (χ3n) is 3.32. The van der Waals surface area contributed by atoms with Crippen LogP contribution in [0.5, 0.6) is 5.88 Å². The highest BCUT2D eigenvalue weighted by Crippen LogP contribution is 2.28. The monoisotopic (exact) mass is 330 g/mol. The van der Waals surface area contributed by atoms with Gasteiger partial charge in [0.2, 0.25) is 5.88 Å². The van der Waals surface area contributed by atoms with E-state index >= 15 is 0 Å². The number of rotatable bonds is 4. The molecular formula is C17H12ClFN2O2. The van der Waals surface area contributed by atoms with Gasteiger partial charge in [0.25, 0.3) is 5.91 Å². The number of benzene rings is 1. The first kappa shape index (κ1) is 15.4. The molecule has 0 spiro atoms. The van der Waals surface area contributed by atoms with Crippen molar-refractivity contribution in [2.24, 2.45) is 4.99 Å². The van der Waals surface area contributed by atoms with Crippen LogP contribution >= 0.6 is 11.6 Å². The van der Waals surface area contributed by atoms with Crippen LogP contribution in [0.3, 0.4) is 0 Å². The topological polar surface area (TPSA) is 51.5 Å². The summed E-state index contributed by atoms with van der Waals surface area (Å²) in [6, 6.07) is 7.96. The molecular weight excluding hydrogens is 319 g/mol. The van der Waals surface area contributed by atoms with Crippen LogP contribution in [0, 0.1) is 5.82 Å². The van der Waals surface area contributed by atoms with Crippen LogP contribution in [0.15, 0.2) is 47.6 Å². The van der Waals surface area contributed by atoms with Crippen molar-refractivity contribution in [2.45, 2.75) is 13.0 Å². The number of pyridine rings is 1. The van der Waals surface area contributed by atoms with Crippen LogP contribution in [0.4, 0.5) is 4.39 Å². The van der Waals surface area contributed by atoms with Gasteiger partial charge >= 0.3 is 0 Å². The molecule has 1 aromatic carbocycles. The maximum atomic E-state index is 13.8. The summed E-state index contributed by atoms with van der Waals surface area (Å²) in [6.45, 7) is 0.0162. The Morgan fingerprint density at radius 1 is 1.30 bits per heavy atom. The number of dihydropyridines is 1. The van der Waals surface area contributed by atoms with E-state index in [2.05, 4.69) is 9.98 Å². The zero-order valence-corrected chi connectivity index (χ0v) is 12.8. The summed E-state index contributed by atoms with van der Waals surface area (Å²) >= 11 is 5.73. The molecule has 0 fully saturated rings. The van der Waals surface area contributed by atoms with E-state index in [9.17, 15) is 9.18 Å². The fourth-order valence-corrected chi connectivity index (χ4v) is 2.36. The fourth-order valence-electron chi connectivity index (χ4n) is 2.20. The minimum atomic E-state index is -0.436. The van der Waals surface area contributed by atoms with Crippen LogP contribution in [-0.2, 0) is 11.4 Å². The van der Waals surface area contributed by atoms with Gasteiger partial charge in [0.15, 0.2) is 0 Å². The second-order valence-electron chi connectivity index (χ2n) is 4.90. The minimum absolute atomic E-state index is 0.0162. The average Bonchev–Trinajstić information content (AvgIpc) is 2.54. The molecule has 0 saturated heterocycles. The molecule has 1 aromatic heterocycles. The Morgan fingerprint density at radius 3 is 2.96 bits per heavy atom. The van der Waals surface area contributed by atoms with Crippen LogP contribution in [0.2, 0.25) is 5.02 Å². The molecule has 2 heterocycles.